The van der Waals surface area contributed by atoms with Crippen LogP contribution in [-0.2, 0) is 24.1 Å². The van der Waals surface area contributed by atoms with Crippen molar-refractivity contribution in [1.29, 1.82) is 0 Å². The first-order valence-corrected chi connectivity index (χ1v) is 7.71. The van der Waals surface area contributed by atoms with Crippen molar-refractivity contribution in [2.45, 2.75) is 19.3 Å². The molecule has 0 saturated carbocycles. The van der Waals surface area contributed by atoms with Crippen LogP contribution in [0.2, 0.25) is 0 Å². The Hall–Kier alpha value is -1.81. The van der Waals surface area contributed by atoms with E-state index in [9.17, 15) is 4.79 Å². The molecule has 4 heteroatoms. The quantitative estimate of drug-likeness (QED) is 0.864. The molecule has 2 aromatic rings. The van der Waals surface area contributed by atoms with E-state index in [-0.39, 0.29) is 5.78 Å². The van der Waals surface area contributed by atoms with E-state index in [0.29, 0.717) is 25.1 Å². The van der Waals surface area contributed by atoms with E-state index in [2.05, 4.69) is 22.0 Å². The van der Waals surface area contributed by atoms with Crippen LogP contribution in [0.3, 0.4) is 0 Å². The van der Waals surface area contributed by atoms with Gasteiger partial charge in [-0.15, -0.1) is 0 Å². The van der Waals surface area contributed by atoms with Crippen molar-refractivity contribution < 1.29 is 9.53 Å². The summed E-state index contributed by atoms with van der Waals surface area (Å²) in [5.41, 5.74) is 9.52. The van der Waals surface area contributed by atoms with Crippen LogP contribution >= 0.6 is 15.9 Å². The van der Waals surface area contributed by atoms with Crippen LogP contribution in [0.15, 0.2) is 40.9 Å². The van der Waals surface area contributed by atoms with Crippen molar-refractivity contribution in [3.63, 3.8) is 0 Å². The summed E-state index contributed by atoms with van der Waals surface area (Å²) in [5.74, 6) is 1.05. The summed E-state index contributed by atoms with van der Waals surface area (Å²) in [6, 6.07) is 11.5. The van der Waals surface area contributed by atoms with E-state index in [0.717, 1.165) is 27.8 Å². The molecule has 1 heterocycles. The summed E-state index contributed by atoms with van der Waals surface area (Å²) in [5, 5.41) is 0. The summed E-state index contributed by atoms with van der Waals surface area (Å²) in [6.07, 6.45) is 1.69. The molecular weight excluding hydrogens is 330 g/mol. The highest BCUT2D eigenvalue weighted by Crippen LogP contribution is 2.33. The fourth-order valence-corrected chi connectivity index (χ4v) is 3.24. The minimum atomic E-state index is 0.163. The average molecular weight is 346 g/mol. The van der Waals surface area contributed by atoms with E-state index in [1.807, 2.05) is 30.3 Å². The third kappa shape index (κ3) is 3.27. The average Bonchev–Trinajstić information content (AvgIpc) is 2.86. The zero-order valence-electron chi connectivity index (χ0n) is 11.6. The molecule has 21 heavy (non-hydrogen) atoms. The number of Topliss-reactive ketones (excluding diaryl/α,β-unsaturated/α-hetero) is 1. The number of carbonyl (C=O) groups is 1. The van der Waals surface area contributed by atoms with Crippen LogP contribution in [0.5, 0.6) is 5.75 Å². The molecule has 0 saturated heterocycles. The van der Waals surface area contributed by atoms with Crippen LogP contribution in [0.1, 0.15) is 16.7 Å². The number of carbonyl (C=O) groups excluding carboxylic acids is 1. The molecule has 0 atom stereocenters. The minimum Gasteiger partial charge on any atom is -0.493 e. The first-order valence-electron chi connectivity index (χ1n) is 6.92. The lowest BCUT2D eigenvalue weighted by Gasteiger charge is -2.09. The Morgan fingerprint density at radius 3 is 2.90 bits per heavy atom. The molecule has 2 aromatic carbocycles. The van der Waals surface area contributed by atoms with Gasteiger partial charge in [0.1, 0.15) is 11.5 Å². The van der Waals surface area contributed by atoms with E-state index >= 15 is 0 Å². The Kier molecular flexibility index (Phi) is 3.97. The molecule has 0 radical (unpaired) electrons. The number of fused-ring (bicyclic) bond motifs is 1. The molecule has 0 amide bonds. The van der Waals surface area contributed by atoms with Crippen molar-refractivity contribution in [2.75, 3.05) is 12.3 Å². The summed E-state index contributed by atoms with van der Waals surface area (Å²) in [6.45, 7) is 0.697. The third-order valence-corrected chi connectivity index (χ3v) is 4.02. The van der Waals surface area contributed by atoms with Gasteiger partial charge in [0.2, 0.25) is 0 Å². The van der Waals surface area contributed by atoms with Crippen molar-refractivity contribution in [3.8, 4) is 5.75 Å². The summed E-state index contributed by atoms with van der Waals surface area (Å²) >= 11 is 3.50. The van der Waals surface area contributed by atoms with Gasteiger partial charge < -0.3 is 10.5 Å². The fraction of sp³-hybridized carbons (Fsp3) is 0.235. The van der Waals surface area contributed by atoms with E-state index in [1.54, 1.807) is 0 Å². The molecule has 1 aliphatic heterocycles. The predicted octanol–water partition coefficient (Wildman–Crippen LogP) is 3.32. The van der Waals surface area contributed by atoms with E-state index in [1.165, 1.54) is 5.56 Å². The number of nitrogens with two attached hydrogens (primary N) is 1. The second-order valence-electron chi connectivity index (χ2n) is 5.29. The van der Waals surface area contributed by atoms with Crippen molar-refractivity contribution in [1.82, 2.24) is 0 Å². The molecule has 2 N–H and O–H groups in total. The number of ketones is 1. The first-order chi connectivity index (χ1) is 10.1. The van der Waals surface area contributed by atoms with Crippen LogP contribution in [0, 0.1) is 0 Å². The SMILES string of the molecule is Nc1cccc(CC(=O)Cc2cc(Br)cc3c2OCC3)c1. The van der Waals surface area contributed by atoms with Gasteiger partial charge in [0.15, 0.2) is 0 Å². The zero-order chi connectivity index (χ0) is 14.8. The Labute approximate surface area is 132 Å². The Morgan fingerprint density at radius 2 is 2.10 bits per heavy atom. The smallest absolute Gasteiger partial charge is 0.141 e. The normalized spacial score (nSPS) is 12.8. The van der Waals surface area contributed by atoms with Crippen LogP contribution in [-0.4, -0.2) is 12.4 Å². The number of ether oxygens (including phenoxy) is 1. The lowest BCUT2D eigenvalue weighted by molar-refractivity contribution is -0.117. The number of benzene rings is 2. The second kappa shape index (κ2) is 5.90. The molecule has 0 spiro atoms. The van der Waals surface area contributed by atoms with Crippen LogP contribution in [0.4, 0.5) is 5.69 Å². The van der Waals surface area contributed by atoms with Crippen molar-refractivity contribution in [2.24, 2.45) is 0 Å². The van der Waals surface area contributed by atoms with Gasteiger partial charge in [0.25, 0.3) is 0 Å². The molecule has 3 rings (SSSR count). The lowest BCUT2D eigenvalue weighted by atomic mass is 10.00. The van der Waals surface area contributed by atoms with Crippen LogP contribution in [0.25, 0.3) is 0 Å². The highest BCUT2D eigenvalue weighted by molar-refractivity contribution is 9.10. The second-order valence-corrected chi connectivity index (χ2v) is 6.20. The summed E-state index contributed by atoms with van der Waals surface area (Å²) in [4.78, 5) is 12.3. The maximum atomic E-state index is 12.3. The molecular formula is C17H16BrNO2. The molecule has 108 valence electrons. The largest absolute Gasteiger partial charge is 0.493 e. The highest BCUT2D eigenvalue weighted by atomic mass is 79.9. The monoisotopic (exact) mass is 345 g/mol. The minimum absolute atomic E-state index is 0.163. The molecule has 1 aliphatic rings. The summed E-state index contributed by atoms with van der Waals surface area (Å²) < 4.78 is 6.66. The molecule has 3 nitrogen and oxygen atoms in total. The maximum absolute atomic E-state index is 12.3. The Bertz CT molecular complexity index is 697. The standard InChI is InChI=1S/C17H16BrNO2/c18-14-8-12-4-5-21-17(12)13(9-14)10-16(20)7-11-2-1-3-15(19)6-11/h1-3,6,8-9H,4-5,7,10,19H2. The van der Waals surface area contributed by atoms with Gasteiger partial charge in [-0.1, -0.05) is 28.1 Å². The number of rotatable bonds is 4. The van der Waals surface area contributed by atoms with E-state index in [4.69, 9.17) is 10.5 Å². The van der Waals surface area contributed by atoms with Gasteiger partial charge in [0, 0.05) is 35.0 Å². The van der Waals surface area contributed by atoms with Crippen LogP contribution < -0.4 is 10.5 Å². The summed E-state index contributed by atoms with van der Waals surface area (Å²) in [7, 11) is 0. The molecule has 0 unspecified atom stereocenters. The van der Waals surface area contributed by atoms with Crippen molar-refractivity contribution in [3.05, 3.63) is 57.6 Å². The number of anilines is 1. The number of hydrogen-bond donors (Lipinski definition) is 1. The Morgan fingerprint density at radius 1 is 1.24 bits per heavy atom. The number of halogens is 1. The zero-order valence-corrected chi connectivity index (χ0v) is 13.2. The fourth-order valence-electron chi connectivity index (χ4n) is 2.68. The van der Waals surface area contributed by atoms with Gasteiger partial charge in [-0.2, -0.15) is 0 Å². The topological polar surface area (TPSA) is 52.3 Å². The maximum Gasteiger partial charge on any atom is 0.141 e. The molecule has 0 fully saturated rings. The molecule has 0 bridgehead atoms. The van der Waals surface area contributed by atoms with Gasteiger partial charge in [-0.25, -0.2) is 0 Å². The third-order valence-electron chi connectivity index (χ3n) is 3.57. The van der Waals surface area contributed by atoms with Gasteiger partial charge in [-0.3, -0.25) is 4.79 Å². The molecule has 0 aromatic heterocycles. The predicted molar refractivity (Wildman–Crippen MR) is 86.6 cm³/mol. The van der Waals surface area contributed by atoms with Crippen molar-refractivity contribution >= 4 is 27.4 Å². The van der Waals surface area contributed by atoms with Gasteiger partial charge in [0.05, 0.1) is 6.61 Å². The lowest BCUT2D eigenvalue weighted by Crippen LogP contribution is -2.08. The first kappa shape index (κ1) is 14.1. The number of hydrogen-bond acceptors (Lipinski definition) is 3. The molecule has 0 aliphatic carbocycles. The Balaban J connectivity index is 1.76. The highest BCUT2D eigenvalue weighted by Gasteiger charge is 2.19. The van der Waals surface area contributed by atoms with Gasteiger partial charge in [-0.05, 0) is 35.4 Å². The van der Waals surface area contributed by atoms with E-state index < -0.39 is 0 Å². The van der Waals surface area contributed by atoms with Gasteiger partial charge >= 0.3 is 0 Å². The number of nitrogen functional groups attached to an aromatic ring is 1.